The second kappa shape index (κ2) is 7.28. The molecule has 2 aromatic rings. The van der Waals surface area contributed by atoms with Gasteiger partial charge in [-0.15, -0.1) is 0 Å². The number of carbonyl (C=O) groups excluding carboxylic acids is 1. The molecule has 0 saturated heterocycles. The van der Waals surface area contributed by atoms with E-state index >= 15 is 0 Å². The number of methoxy groups -OCH3 is 1. The fraction of sp³-hybridized carbons (Fsp3) is 0.412. The molecule has 0 atom stereocenters. The lowest BCUT2D eigenvalue weighted by Crippen LogP contribution is -2.21. The van der Waals surface area contributed by atoms with Gasteiger partial charge in [-0.3, -0.25) is 0 Å². The highest BCUT2D eigenvalue weighted by Crippen LogP contribution is 2.32. The molecule has 1 aromatic heterocycles. The van der Waals surface area contributed by atoms with E-state index in [1.807, 2.05) is 51.4 Å². The summed E-state index contributed by atoms with van der Waals surface area (Å²) in [5.74, 6) is 0.394. The van der Waals surface area contributed by atoms with Crippen molar-refractivity contribution < 1.29 is 9.53 Å². The van der Waals surface area contributed by atoms with Gasteiger partial charge in [0.25, 0.3) is 0 Å². The van der Waals surface area contributed by atoms with Crippen LogP contribution < -0.4 is 10.2 Å². The molecule has 0 spiro atoms. The van der Waals surface area contributed by atoms with Gasteiger partial charge in [0, 0.05) is 38.0 Å². The number of ether oxygens (including phenoxy) is 1. The van der Waals surface area contributed by atoms with Crippen molar-refractivity contribution >= 4 is 28.2 Å². The van der Waals surface area contributed by atoms with E-state index in [9.17, 15) is 4.79 Å². The van der Waals surface area contributed by atoms with Gasteiger partial charge in [0.2, 0.25) is 0 Å². The summed E-state index contributed by atoms with van der Waals surface area (Å²) in [5, 5.41) is 5.16. The minimum Gasteiger partial charge on any atom is -0.465 e. The Hall–Kier alpha value is -2.34. The molecule has 0 amide bonds. The Balaban J connectivity index is 2.56. The number of pyridine rings is 1. The molecule has 2 rings (SSSR count). The van der Waals surface area contributed by atoms with E-state index in [0.717, 1.165) is 35.4 Å². The number of anilines is 2. The van der Waals surface area contributed by atoms with Gasteiger partial charge in [0.15, 0.2) is 0 Å². The summed E-state index contributed by atoms with van der Waals surface area (Å²) in [6, 6.07) is 5.63. The predicted molar refractivity (Wildman–Crippen MR) is 94.5 cm³/mol. The standard InChI is InChI=1S/C17H24N4O2/c1-20(2)10-9-18-14-11-19-16(21(3)4)15-12(14)7-6-8-13(15)17(22)23-5/h6-8,11,18H,9-10H2,1-5H3. The van der Waals surface area contributed by atoms with Crippen LogP contribution in [0.15, 0.2) is 24.4 Å². The van der Waals surface area contributed by atoms with E-state index in [-0.39, 0.29) is 5.97 Å². The number of rotatable bonds is 6. The summed E-state index contributed by atoms with van der Waals surface area (Å²) >= 11 is 0. The number of esters is 1. The zero-order valence-electron chi connectivity index (χ0n) is 14.4. The van der Waals surface area contributed by atoms with E-state index in [1.165, 1.54) is 7.11 Å². The Bertz CT molecular complexity index is 698. The van der Waals surface area contributed by atoms with E-state index in [0.29, 0.717) is 5.56 Å². The maximum atomic E-state index is 12.1. The molecule has 23 heavy (non-hydrogen) atoms. The first-order valence-electron chi connectivity index (χ1n) is 7.51. The quantitative estimate of drug-likeness (QED) is 0.823. The van der Waals surface area contributed by atoms with Gasteiger partial charge in [0.1, 0.15) is 5.82 Å². The molecule has 0 unspecified atom stereocenters. The minimum atomic E-state index is -0.356. The molecule has 1 N–H and O–H groups in total. The Morgan fingerprint density at radius 3 is 2.61 bits per heavy atom. The fourth-order valence-electron chi connectivity index (χ4n) is 2.45. The molecule has 0 aliphatic heterocycles. The lowest BCUT2D eigenvalue weighted by molar-refractivity contribution is 0.0603. The Morgan fingerprint density at radius 1 is 1.26 bits per heavy atom. The summed E-state index contributed by atoms with van der Waals surface area (Å²) < 4.78 is 4.92. The largest absolute Gasteiger partial charge is 0.465 e. The molecule has 6 nitrogen and oxygen atoms in total. The zero-order chi connectivity index (χ0) is 17.0. The normalized spacial score (nSPS) is 10.9. The summed E-state index contributed by atoms with van der Waals surface area (Å²) in [4.78, 5) is 20.7. The Kier molecular flexibility index (Phi) is 5.39. The highest BCUT2D eigenvalue weighted by molar-refractivity contribution is 6.12. The average molecular weight is 316 g/mol. The van der Waals surface area contributed by atoms with Crippen molar-refractivity contribution in [3.63, 3.8) is 0 Å². The lowest BCUT2D eigenvalue weighted by atomic mass is 10.0. The van der Waals surface area contributed by atoms with Crippen molar-refractivity contribution in [1.82, 2.24) is 9.88 Å². The van der Waals surface area contributed by atoms with Crippen molar-refractivity contribution in [2.24, 2.45) is 0 Å². The summed E-state index contributed by atoms with van der Waals surface area (Å²) in [6.45, 7) is 1.71. The van der Waals surface area contributed by atoms with Crippen LogP contribution in [0.1, 0.15) is 10.4 Å². The number of fused-ring (bicyclic) bond motifs is 1. The van der Waals surface area contributed by atoms with E-state index in [1.54, 1.807) is 6.07 Å². The smallest absolute Gasteiger partial charge is 0.338 e. The van der Waals surface area contributed by atoms with Crippen LogP contribution >= 0.6 is 0 Å². The number of carbonyl (C=O) groups is 1. The second-order valence-corrected chi connectivity index (χ2v) is 5.84. The number of hydrogen-bond donors (Lipinski definition) is 1. The van der Waals surface area contributed by atoms with E-state index in [2.05, 4.69) is 15.2 Å². The number of nitrogens with one attached hydrogen (secondary N) is 1. The van der Waals surface area contributed by atoms with Crippen molar-refractivity contribution in [1.29, 1.82) is 0 Å². The summed E-state index contributed by atoms with van der Waals surface area (Å²) in [5.41, 5.74) is 1.44. The van der Waals surface area contributed by atoms with Crippen molar-refractivity contribution in [3.05, 3.63) is 30.0 Å². The molecule has 0 fully saturated rings. The number of likely N-dealkylation sites (N-methyl/N-ethyl adjacent to an activating group) is 1. The van der Waals surface area contributed by atoms with Crippen molar-refractivity contribution in [2.45, 2.75) is 0 Å². The summed E-state index contributed by atoms with van der Waals surface area (Å²) in [6.07, 6.45) is 1.81. The molecule has 0 aliphatic rings. The first kappa shape index (κ1) is 17.0. The SMILES string of the molecule is COC(=O)c1cccc2c(NCCN(C)C)cnc(N(C)C)c12. The first-order chi connectivity index (χ1) is 11.0. The third kappa shape index (κ3) is 3.71. The first-order valence-corrected chi connectivity index (χ1v) is 7.51. The summed E-state index contributed by atoms with van der Waals surface area (Å²) in [7, 11) is 9.28. The van der Waals surface area contributed by atoms with Crippen LogP contribution in [0.3, 0.4) is 0 Å². The minimum absolute atomic E-state index is 0.356. The van der Waals surface area contributed by atoms with E-state index < -0.39 is 0 Å². The molecule has 124 valence electrons. The van der Waals surface area contributed by atoms with Crippen molar-refractivity contribution in [2.75, 3.05) is 58.6 Å². The van der Waals surface area contributed by atoms with Crippen LogP contribution in [-0.4, -0.2) is 64.2 Å². The number of nitrogens with zero attached hydrogens (tertiary/aromatic N) is 3. The van der Waals surface area contributed by atoms with Crippen LogP contribution in [0.5, 0.6) is 0 Å². The topological polar surface area (TPSA) is 57.7 Å². The molecular weight excluding hydrogens is 292 g/mol. The van der Waals surface area contributed by atoms with Gasteiger partial charge in [-0.1, -0.05) is 12.1 Å². The maximum Gasteiger partial charge on any atom is 0.338 e. The van der Waals surface area contributed by atoms with Crippen LogP contribution in [0.2, 0.25) is 0 Å². The number of hydrogen-bond acceptors (Lipinski definition) is 6. The highest BCUT2D eigenvalue weighted by Gasteiger charge is 2.17. The Labute approximate surface area is 137 Å². The van der Waals surface area contributed by atoms with Gasteiger partial charge >= 0.3 is 5.97 Å². The van der Waals surface area contributed by atoms with Gasteiger partial charge < -0.3 is 19.9 Å². The van der Waals surface area contributed by atoms with Crippen LogP contribution in [-0.2, 0) is 4.74 Å². The van der Waals surface area contributed by atoms with Gasteiger partial charge in [0.05, 0.1) is 24.6 Å². The highest BCUT2D eigenvalue weighted by atomic mass is 16.5. The van der Waals surface area contributed by atoms with Crippen LogP contribution in [0.4, 0.5) is 11.5 Å². The number of aromatic nitrogens is 1. The lowest BCUT2D eigenvalue weighted by Gasteiger charge is -2.19. The predicted octanol–water partition coefficient (Wildman–Crippen LogP) is 2.06. The Morgan fingerprint density at radius 2 is 2.00 bits per heavy atom. The van der Waals surface area contributed by atoms with Gasteiger partial charge in [-0.2, -0.15) is 0 Å². The maximum absolute atomic E-state index is 12.1. The van der Waals surface area contributed by atoms with Crippen LogP contribution in [0.25, 0.3) is 10.8 Å². The molecule has 0 saturated carbocycles. The molecule has 0 bridgehead atoms. The molecular formula is C17H24N4O2. The molecule has 1 aromatic carbocycles. The third-order valence-corrected chi connectivity index (χ3v) is 3.60. The van der Waals surface area contributed by atoms with E-state index in [4.69, 9.17) is 4.74 Å². The fourth-order valence-corrected chi connectivity index (χ4v) is 2.45. The van der Waals surface area contributed by atoms with Gasteiger partial charge in [-0.05, 0) is 20.2 Å². The third-order valence-electron chi connectivity index (χ3n) is 3.60. The monoisotopic (exact) mass is 316 g/mol. The second-order valence-electron chi connectivity index (χ2n) is 5.84. The molecule has 6 heteroatoms. The molecule has 1 heterocycles. The van der Waals surface area contributed by atoms with Crippen LogP contribution in [0, 0.1) is 0 Å². The molecule has 0 radical (unpaired) electrons. The average Bonchev–Trinajstić information content (AvgIpc) is 2.53. The van der Waals surface area contributed by atoms with Gasteiger partial charge in [-0.25, -0.2) is 9.78 Å². The number of benzene rings is 1. The van der Waals surface area contributed by atoms with Crippen molar-refractivity contribution in [3.8, 4) is 0 Å². The molecule has 0 aliphatic carbocycles. The zero-order valence-corrected chi connectivity index (χ0v) is 14.4.